The van der Waals surface area contributed by atoms with E-state index in [4.69, 9.17) is 5.26 Å². The van der Waals surface area contributed by atoms with Gasteiger partial charge in [-0.2, -0.15) is 5.26 Å². The fourth-order valence-corrected chi connectivity index (χ4v) is 3.72. The van der Waals surface area contributed by atoms with Gasteiger partial charge in [0.15, 0.2) is 9.84 Å². The van der Waals surface area contributed by atoms with Gasteiger partial charge in [0.2, 0.25) is 0 Å². The Kier molecular flexibility index (Phi) is 3.03. The van der Waals surface area contributed by atoms with Crippen LogP contribution < -0.4 is 4.90 Å². The standard InChI is InChI=1S/C11H13N3O2S/c1-14(10-5-6-17(15,16)8-10)11-4-2-3-9(7-12)13-11/h2-4,10H,5-6,8H2,1H3. The predicted molar refractivity (Wildman–Crippen MR) is 64.4 cm³/mol. The first-order chi connectivity index (χ1) is 8.02. The Balaban J connectivity index is 2.20. The maximum atomic E-state index is 11.4. The lowest BCUT2D eigenvalue weighted by atomic mass is 10.2. The SMILES string of the molecule is CN(c1cccc(C#N)n1)C1CCS(=O)(=O)C1. The van der Waals surface area contributed by atoms with Gasteiger partial charge in [0, 0.05) is 13.1 Å². The van der Waals surface area contributed by atoms with Crippen LogP contribution in [0.25, 0.3) is 0 Å². The molecule has 1 aliphatic rings. The molecule has 1 aromatic rings. The van der Waals surface area contributed by atoms with Crippen LogP contribution in [0.3, 0.4) is 0 Å². The van der Waals surface area contributed by atoms with E-state index in [2.05, 4.69) is 4.98 Å². The number of aromatic nitrogens is 1. The first-order valence-corrected chi connectivity index (χ1v) is 7.14. The van der Waals surface area contributed by atoms with Crippen molar-refractivity contribution >= 4 is 15.7 Å². The van der Waals surface area contributed by atoms with Crippen LogP contribution in [-0.2, 0) is 9.84 Å². The normalized spacial score (nSPS) is 22.0. The number of pyridine rings is 1. The quantitative estimate of drug-likeness (QED) is 0.768. The van der Waals surface area contributed by atoms with Crippen LogP contribution in [0.5, 0.6) is 0 Å². The molecule has 0 radical (unpaired) electrons. The highest BCUT2D eigenvalue weighted by Crippen LogP contribution is 2.21. The molecule has 0 saturated carbocycles. The molecule has 90 valence electrons. The second-order valence-electron chi connectivity index (χ2n) is 4.16. The Labute approximate surface area is 101 Å². The molecule has 2 rings (SSSR count). The average molecular weight is 251 g/mol. The maximum absolute atomic E-state index is 11.4. The smallest absolute Gasteiger partial charge is 0.152 e. The summed E-state index contributed by atoms with van der Waals surface area (Å²) in [5.74, 6) is 1.05. The molecule has 6 heteroatoms. The topological polar surface area (TPSA) is 74.1 Å². The third kappa shape index (κ3) is 2.56. The fraction of sp³-hybridized carbons (Fsp3) is 0.455. The minimum atomic E-state index is -2.90. The van der Waals surface area contributed by atoms with Crippen molar-refractivity contribution in [3.63, 3.8) is 0 Å². The number of hydrogen-bond donors (Lipinski definition) is 0. The van der Waals surface area contributed by atoms with E-state index in [-0.39, 0.29) is 17.5 Å². The lowest BCUT2D eigenvalue weighted by molar-refractivity contribution is 0.600. The molecule has 0 spiro atoms. The molecule has 1 fully saturated rings. The van der Waals surface area contributed by atoms with Crippen LogP contribution in [0.1, 0.15) is 12.1 Å². The maximum Gasteiger partial charge on any atom is 0.152 e. The molecular weight excluding hydrogens is 238 g/mol. The molecule has 0 amide bonds. The Bertz CT molecular complexity index is 562. The summed E-state index contributed by atoms with van der Waals surface area (Å²) in [6, 6.07) is 7.09. The van der Waals surface area contributed by atoms with E-state index >= 15 is 0 Å². The number of hydrogen-bond acceptors (Lipinski definition) is 5. The Hall–Kier alpha value is -1.61. The van der Waals surface area contributed by atoms with E-state index in [1.54, 1.807) is 18.2 Å². The molecule has 2 heterocycles. The summed E-state index contributed by atoms with van der Waals surface area (Å²) >= 11 is 0. The van der Waals surface area contributed by atoms with Gasteiger partial charge in [-0.25, -0.2) is 13.4 Å². The lowest BCUT2D eigenvalue weighted by Crippen LogP contribution is -2.33. The van der Waals surface area contributed by atoms with Crippen molar-refractivity contribution in [3.05, 3.63) is 23.9 Å². The molecule has 1 saturated heterocycles. The summed E-state index contributed by atoms with van der Waals surface area (Å²) in [6.07, 6.45) is 0.622. The second kappa shape index (κ2) is 4.34. The van der Waals surface area contributed by atoms with Crippen molar-refractivity contribution in [3.8, 4) is 6.07 Å². The van der Waals surface area contributed by atoms with Gasteiger partial charge in [0.05, 0.1) is 11.5 Å². The van der Waals surface area contributed by atoms with Gasteiger partial charge in [-0.05, 0) is 18.6 Å². The number of sulfone groups is 1. The molecule has 1 unspecified atom stereocenters. The van der Waals surface area contributed by atoms with Crippen LogP contribution in [-0.4, -0.2) is 38.0 Å². The molecule has 0 bridgehead atoms. The van der Waals surface area contributed by atoms with Crippen LogP contribution in [0.2, 0.25) is 0 Å². The van der Waals surface area contributed by atoms with Gasteiger partial charge < -0.3 is 4.90 Å². The summed E-state index contributed by atoms with van der Waals surface area (Å²) in [6.45, 7) is 0. The van der Waals surface area contributed by atoms with Crippen molar-refractivity contribution in [2.24, 2.45) is 0 Å². The summed E-state index contributed by atoms with van der Waals surface area (Å²) in [5, 5.41) is 8.77. The highest BCUT2D eigenvalue weighted by molar-refractivity contribution is 7.91. The third-order valence-electron chi connectivity index (χ3n) is 2.97. The van der Waals surface area contributed by atoms with Gasteiger partial charge in [0.1, 0.15) is 17.6 Å². The van der Waals surface area contributed by atoms with E-state index in [1.807, 2.05) is 18.0 Å². The number of rotatable bonds is 2. The molecule has 17 heavy (non-hydrogen) atoms. The van der Waals surface area contributed by atoms with Gasteiger partial charge in [-0.1, -0.05) is 6.07 Å². The molecule has 1 aliphatic heterocycles. The summed E-state index contributed by atoms with van der Waals surface area (Å²) in [4.78, 5) is 5.99. The fourth-order valence-electron chi connectivity index (χ4n) is 1.95. The zero-order valence-corrected chi connectivity index (χ0v) is 10.3. The van der Waals surface area contributed by atoms with Gasteiger partial charge in [-0.3, -0.25) is 0 Å². The summed E-state index contributed by atoms with van der Waals surface area (Å²) in [7, 11) is -1.08. The Morgan fingerprint density at radius 2 is 2.29 bits per heavy atom. The minimum absolute atomic E-state index is 0.0403. The monoisotopic (exact) mass is 251 g/mol. The van der Waals surface area contributed by atoms with Crippen molar-refractivity contribution < 1.29 is 8.42 Å². The number of nitrogens with zero attached hydrogens (tertiary/aromatic N) is 3. The first-order valence-electron chi connectivity index (χ1n) is 5.32. The van der Waals surface area contributed by atoms with Crippen molar-refractivity contribution in [2.75, 3.05) is 23.5 Å². The third-order valence-corrected chi connectivity index (χ3v) is 4.72. The summed E-state index contributed by atoms with van der Waals surface area (Å²) in [5.41, 5.74) is 0.343. The summed E-state index contributed by atoms with van der Waals surface area (Å²) < 4.78 is 22.8. The predicted octanol–water partition coefficient (Wildman–Crippen LogP) is 0.577. The van der Waals surface area contributed by atoms with E-state index in [0.717, 1.165) is 0 Å². The highest BCUT2D eigenvalue weighted by atomic mass is 32.2. The van der Waals surface area contributed by atoms with E-state index in [0.29, 0.717) is 17.9 Å². The van der Waals surface area contributed by atoms with Crippen molar-refractivity contribution in [2.45, 2.75) is 12.5 Å². The number of nitriles is 1. The molecule has 5 nitrogen and oxygen atoms in total. The number of anilines is 1. The van der Waals surface area contributed by atoms with E-state index in [9.17, 15) is 8.42 Å². The van der Waals surface area contributed by atoms with Crippen LogP contribution >= 0.6 is 0 Å². The highest BCUT2D eigenvalue weighted by Gasteiger charge is 2.31. The largest absolute Gasteiger partial charge is 0.356 e. The Morgan fingerprint density at radius 1 is 1.53 bits per heavy atom. The van der Waals surface area contributed by atoms with Crippen molar-refractivity contribution in [1.82, 2.24) is 4.98 Å². The molecular formula is C11H13N3O2S. The minimum Gasteiger partial charge on any atom is -0.356 e. The first kappa shape index (κ1) is 11.9. The van der Waals surface area contributed by atoms with Gasteiger partial charge in [-0.15, -0.1) is 0 Å². The molecule has 0 aromatic carbocycles. The van der Waals surface area contributed by atoms with E-state index < -0.39 is 9.84 Å². The molecule has 1 aromatic heterocycles. The molecule has 0 N–H and O–H groups in total. The van der Waals surface area contributed by atoms with Crippen molar-refractivity contribution in [1.29, 1.82) is 5.26 Å². The molecule has 1 atom stereocenters. The molecule has 0 aliphatic carbocycles. The zero-order valence-electron chi connectivity index (χ0n) is 9.50. The zero-order chi connectivity index (χ0) is 12.5. The van der Waals surface area contributed by atoms with Crippen LogP contribution in [0, 0.1) is 11.3 Å². The average Bonchev–Trinajstić information content (AvgIpc) is 2.69. The van der Waals surface area contributed by atoms with Crippen LogP contribution in [0.15, 0.2) is 18.2 Å². The van der Waals surface area contributed by atoms with Gasteiger partial charge in [0.25, 0.3) is 0 Å². The van der Waals surface area contributed by atoms with Crippen LogP contribution in [0.4, 0.5) is 5.82 Å². The second-order valence-corrected chi connectivity index (χ2v) is 6.39. The Morgan fingerprint density at radius 3 is 2.88 bits per heavy atom. The van der Waals surface area contributed by atoms with E-state index in [1.165, 1.54) is 0 Å². The lowest BCUT2D eigenvalue weighted by Gasteiger charge is -2.24. The van der Waals surface area contributed by atoms with Gasteiger partial charge >= 0.3 is 0 Å².